The lowest BCUT2D eigenvalue weighted by atomic mass is 9.66. The lowest BCUT2D eigenvalue weighted by molar-refractivity contribution is 0.119. The average Bonchev–Trinajstić information content (AvgIpc) is 2.48. The van der Waals surface area contributed by atoms with Gasteiger partial charge in [-0.05, 0) is 49.3 Å². The highest BCUT2D eigenvalue weighted by molar-refractivity contribution is 5.15. The van der Waals surface area contributed by atoms with Gasteiger partial charge in [-0.3, -0.25) is 0 Å². The van der Waals surface area contributed by atoms with Crippen LogP contribution in [-0.2, 0) is 6.54 Å². The molecule has 2 nitrogen and oxygen atoms in total. The van der Waals surface area contributed by atoms with E-state index in [9.17, 15) is 4.39 Å². The Bertz CT molecular complexity index is 479. The van der Waals surface area contributed by atoms with E-state index in [1.165, 1.54) is 12.1 Å². The molecule has 0 unspecified atom stereocenters. The zero-order valence-electron chi connectivity index (χ0n) is 13.0. The fourth-order valence-electron chi connectivity index (χ4n) is 3.34. The van der Waals surface area contributed by atoms with Gasteiger partial charge in [0.1, 0.15) is 5.82 Å². The number of rotatable bonds is 5. The molecule has 0 aliphatic heterocycles. The molecular formula is C18H25FN2. The Hall–Kier alpha value is -1.40. The van der Waals surface area contributed by atoms with Crippen molar-refractivity contribution < 1.29 is 4.39 Å². The molecule has 0 bridgehead atoms. The highest BCUT2D eigenvalue weighted by Gasteiger charge is 2.40. The number of halogens is 1. The van der Waals surface area contributed by atoms with Crippen molar-refractivity contribution in [3.05, 3.63) is 47.1 Å². The van der Waals surface area contributed by atoms with Gasteiger partial charge in [0.15, 0.2) is 0 Å². The van der Waals surface area contributed by atoms with Gasteiger partial charge in [-0.2, -0.15) is 0 Å². The van der Waals surface area contributed by atoms with Gasteiger partial charge in [0.05, 0.1) is 0 Å². The third-order valence-corrected chi connectivity index (χ3v) is 5.11. The first-order valence-electron chi connectivity index (χ1n) is 7.87. The largest absolute Gasteiger partial charge is 0.316 e. The van der Waals surface area contributed by atoms with Crippen LogP contribution in [0.3, 0.4) is 0 Å². The fraction of sp³-hybridized carbons (Fsp3) is 0.611. The van der Waals surface area contributed by atoms with Crippen molar-refractivity contribution in [2.75, 3.05) is 6.54 Å². The first-order valence-corrected chi connectivity index (χ1v) is 7.87. The number of hydrogen-bond donors (Lipinski definition) is 1. The van der Waals surface area contributed by atoms with Gasteiger partial charge in [-0.1, -0.05) is 26.0 Å². The molecule has 0 spiro atoms. The van der Waals surface area contributed by atoms with Gasteiger partial charge >= 0.3 is 0 Å². The number of hydrogen-bond acceptors (Lipinski definition) is 1. The lowest BCUT2D eigenvalue weighted by Crippen LogP contribution is -2.41. The van der Waals surface area contributed by atoms with E-state index in [4.69, 9.17) is 6.57 Å². The molecule has 1 N–H and O–H groups in total. The summed E-state index contributed by atoms with van der Waals surface area (Å²) in [5.74, 6) is 0.391. The number of benzene rings is 1. The van der Waals surface area contributed by atoms with E-state index in [-0.39, 0.29) is 11.2 Å². The molecule has 0 aromatic heterocycles. The van der Waals surface area contributed by atoms with Crippen LogP contribution in [0.25, 0.3) is 4.85 Å². The van der Waals surface area contributed by atoms with Crippen molar-refractivity contribution in [3.63, 3.8) is 0 Å². The maximum absolute atomic E-state index is 12.9. The monoisotopic (exact) mass is 288 g/mol. The predicted molar refractivity (Wildman–Crippen MR) is 84.2 cm³/mol. The van der Waals surface area contributed by atoms with E-state index in [2.05, 4.69) is 24.0 Å². The van der Waals surface area contributed by atoms with Gasteiger partial charge in [0, 0.05) is 18.0 Å². The molecule has 1 fully saturated rings. The summed E-state index contributed by atoms with van der Waals surface area (Å²) in [4.78, 5) is 3.67. The van der Waals surface area contributed by atoms with E-state index < -0.39 is 0 Å². The van der Waals surface area contributed by atoms with Crippen molar-refractivity contribution in [1.82, 2.24) is 5.32 Å². The Labute approximate surface area is 127 Å². The lowest BCUT2D eigenvalue weighted by Gasteiger charge is -2.40. The standard InChI is InChI=1S/C18H25FN2/c1-14(2)18(13-20-3)10-8-17(9-11-18)21-12-15-4-6-16(19)7-5-15/h4-7,14,17,21H,8-13H2,1-2H3. The van der Waals surface area contributed by atoms with E-state index >= 15 is 0 Å². The smallest absolute Gasteiger partial charge is 0.220 e. The van der Waals surface area contributed by atoms with Crippen LogP contribution in [0.1, 0.15) is 45.1 Å². The first-order chi connectivity index (χ1) is 10.1. The molecule has 114 valence electrons. The van der Waals surface area contributed by atoms with Crippen molar-refractivity contribution >= 4 is 0 Å². The summed E-state index contributed by atoms with van der Waals surface area (Å²) in [6.45, 7) is 13.1. The third-order valence-electron chi connectivity index (χ3n) is 5.11. The molecule has 1 saturated carbocycles. The minimum absolute atomic E-state index is 0.183. The van der Waals surface area contributed by atoms with E-state index in [0.29, 0.717) is 18.5 Å². The van der Waals surface area contributed by atoms with Crippen molar-refractivity contribution in [2.45, 2.75) is 52.1 Å². The Kier molecular flexibility index (Phi) is 5.36. The molecule has 0 saturated heterocycles. The molecule has 2 rings (SSSR count). The molecule has 1 aliphatic rings. The van der Waals surface area contributed by atoms with Gasteiger partial charge in [-0.25, -0.2) is 11.0 Å². The summed E-state index contributed by atoms with van der Waals surface area (Å²) in [6.07, 6.45) is 4.53. The van der Waals surface area contributed by atoms with E-state index in [1.54, 1.807) is 0 Å². The summed E-state index contributed by atoms with van der Waals surface area (Å²) in [7, 11) is 0. The van der Waals surface area contributed by atoms with Crippen molar-refractivity contribution in [3.8, 4) is 0 Å². The molecule has 1 aromatic rings. The maximum atomic E-state index is 12.9. The van der Waals surface area contributed by atoms with Gasteiger partial charge in [-0.15, -0.1) is 0 Å². The second-order valence-corrected chi connectivity index (χ2v) is 6.61. The fourth-order valence-corrected chi connectivity index (χ4v) is 3.34. The topological polar surface area (TPSA) is 16.4 Å². The minimum Gasteiger partial charge on any atom is -0.316 e. The van der Waals surface area contributed by atoms with Crippen LogP contribution in [-0.4, -0.2) is 12.6 Å². The highest BCUT2D eigenvalue weighted by atomic mass is 19.1. The second-order valence-electron chi connectivity index (χ2n) is 6.61. The van der Waals surface area contributed by atoms with Crippen LogP contribution in [0.2, 0.25) is 0 Å². The molecule has 0 radical (unpaired) electrons. The predicted octanol–water partition coefficient (Wildman–Crippen LogP) is 4.42. The van der Waals surface area contributed by atoms with Crippen LogP contribution < -0.4 is 5.32 Å². The minimum atomic E-state index is -0.183. The van der Waals surface area contributed by atoms with Gasteiger partial charge < -0.3 is 10.2 Å². The summed E-state index contributed by atoms with van der Waals surface area (Å²) in [5, 5.41) is 3.58. The SMILES string of the molecule is [C-]#[N+]CC1(C(C)C)CCC(NCc2ccc(F)cc2)CC1. The third kappa shape index (κ3) is 4.04. The number of nitrogens with one attached hydrogen (secondary N) is 1. The van der Waals surface area contributed by atoms with Crippen LogP contribution in [0.5, 0.6) is 0 Å². The summed E-state index contributed by atoms with van der Waals surface area (Å²) in [5.41, 5.74) is 1.34. The van der Waals surface area contributed by atoms with Crippen molar-refractivity contribution in [2.24, 2.45) is 11.3 Å². The van der Waals surface area contributed by atoms with Crippen LogP contribution in [0.4, 0.5) is 4.39 Å². The van der Waals surface area contributed by atoms with Crippen LogP contribution >= 0.6 is 0 Å². The maximum Gasteiger partial charge on any atom is 0.220 e. The Morgan fingerprint density at radius 2 is 1.90 bits per heavy atom. The number of nitrogens with zero attached hydrogens (tertiary/aromatic N) is 1. The second kappa shape index (κ2) is 7.04. The molecule has 21 heavy (non-hydrogen) atoms. The highest BCUT2D eigenvalue weighted by Crippen LogP contribution is 2.42. The summed E-state index contributed by atoms with van der Waals surface area (Å²) >= 11 is 0. The zero-order chi connectivity index (χ0) is 15.3. The van der Waals surface area contributed by atoms with Gasteiger partial charge in [0.2, 0.25) is 6.54 Å². The van der Waals surface area contributed by atoms with Crippen LogP contribution in [0, 0.1) is 23.7 Å². The van der Waals surface area contributed by atoms with Crippen LogP contribution in [0.15, 0.2) is 24.3 Å². The molecule has 1 aromatic carbocycles. The normalized spacial score (nSPS) is 25.8. The molecule has 0 amide bonds. The Morgan fingerprint density at radius 1 is 1.29 bits per heavy atom. The first kappa shape index (κ1) is 16.0. The molecular weight excluding hydrogens is 263 g/mol. The van der Waals surface area contributed by atoms with Gasteiger partial charge in [0.25, 0.3) is 0 Å². The Balaban J connectivity index is 1.84. The molecule has 3 heteroatoms. The van der Waals surface area contributed by atoms with E-state index in [1.807, 2.05) is 12.1 Å². The summed E-state index contributed by atoms with van der Waals surface area (Å²) in [6, 6.07) is 7.22. The Morgan fingerprint density at radius 3 is 2.43 bits per heavy atom. The van der Waals surface area contributed by atoms with Crippen molar-refractivity contribution in [1.29, 1.82) is 0 Å². The summed E-state index contributed by atoms with van der Waals surface area (Å²) < 4.78 is 12.9. The quantitative estimate of drug-likeness (QED) is 0.793. The molecule has 0 heterocycles. The average molecular weight is 288 g/mol. The zero-order valence-corrected chi connectivity index (χ0v) is 13.0. The molecule has 1 aliphatic carbocycles. The molecule has 0 atom stereocenters. The van der Waals surface area contributed by atoms with E-state index in [0.717, 1.165) is 37.8 Å².